The van der Waals surface area contributed by atoms with Crippen molar-refractivity contribution in [3.05, 3.63) is 34.6 Å². The van der Waals surface area contributed by atoms with E-state index in [1.165, 1.54) is 20.6 Å². The van der Waals surface area contributed by atoms with Gasteiger partial charge in [0.25, 0.3) is 5.97 Å². The second-order valence-corrected chi connectivity index (χ2v) is 8.29. The fourth-order valence-corrected chi connectivity index (χ4v) is 4.21. The predicted octanol–water partition coefficient (Wildman–Crippen LogP) is 7.30. The average molecular weight is 469 g/mol. The van der Waals surface area contributed by atoms with Gasteiger partial charge in [0.2, 0.25) is 5.82 Å². The predicted molar refractivity (Wildman–Crippen MR) is 114 cm³/mol. The second-order valence-electron chi connectivity index (χ2n) is 8.29. The van der Waals surface area contributed by atoms with Crippen LogP contribution in [0.25, 0.3) is 0 Å². The lowest BCUT2D eigenvalue weighted by Gasteiger charge is -2.38. The van der Waals surface area contributed by atoms with Gasteiger partial charge in [-0.3, -0.25) is 0 Å². The van der Waals surface area contributed by atoms with Gasteiger partial charge in [-0.2, -0.15) is 0 Å². The van der Waals surface area contributed by atoms with Crippen molar-refractivity contribution in [3.8, 4) is 0 Å². The highest BCUT2D eigenvalue weighted by atomic mass is 19.2. The van der Waals surface area contributed by atoms with Gasteiger partial charge < -0.3 is 14.2 Å². The van der Waals surface area contributed by atoms with Crippen LogP contribution >= 0.6 is 0 Å². The van der Waals surface area contributed by atoms with Gasteiger partial charge in [-0.05, 0) is 32.1 Å². The Labute approximate surface area is 188 Å². The molecule has 3 nitrogen and oxygen atoms in total. The highest BCUT2D eigenvalue weighted by Gasteiger charge is 2.41. The van der Waals surface area contributed by atoms with E-state index in [1.54, 1.807) is 13.8 Å². The second kappa shape index (κ2) is 14.1. The van der Waals surface area contributed by atoms with Gasteiger partial charge in [-0.25, -0.2) is 22.0 Å². The zero-order chi connectivity index (χ0) is 24.3. The summed E-state index contributed by atoms with van der Waals surface area (Å²) in [6.07, 6.45) is 7.20. The van der Waals surface area contributed by atoms with Gasteiger partial charge in [0.1, 0.15) is 0 Å². The fraction of sp³-hybridized carbons (Fsp3) is 0.750. The summed E-state index contributed by atoms with van der Waals surface area (Å²) in [5, 5.41) is 0. The molecule has 0 heterocycles. The molecule has 0 aliphatic rings. The van der Waals surface area contributed by atoms with Crippen LogP contribution in [0.3, 0.4) is 0 Å². The van der Waals surface area contributed by atoms with Crippen LogP contribution in [-0.2, 0) is 20.6 Å². The van der Waals surface area contributed by atoms with E-state index in [0.29, 0.717) is 19.4 Å². The Balaban J connectivity index is 3.01. The summed E-state index contributed by atoms with van der Waals surface area (Å²) in [6.45, 7) is 5.97. The molecule has 32 heavy (non-hydrogen) atoms. The molecule has 1 aromatic carbocycles. The monoisotopic (exact) mass is 468 g/mol. The van der Waals surface area contributed by atoms with Crippen molar-refractivity contribution in [1.29, 1.82) is 0 Å². The minimum absolute atomic E-state index is 0.292. The first-order valence-corrected chi connectivity index (χ1v) is 11.4. The van der Waals surface area contributed by atoms with Gasteiger partial charge in [-0.1, -0.05) is 52.4 Å². The number of ether oxygens (including phenoxy) is 3. The van der Waals surface area contributed by atoms with Gasteiger partial charge in [-0.15, -0.1) is 0 Å². The normalized spacial score (nSPS) is 14.1. The van der Waals surface area contributed by atoms with Crippen LogP contribution in [0.4, 0.5) is 22.0 Å². The van der Waals surface area contributed by atoms with E-state index in [2.05, 4.69) is 6.92 Å². The number of benzene rings is 1. The third kappa shape index (κ3) is 7.39. The minimum atomic E-state index is -2.15. The van der Waals surface area contributed by atoms with Crippen LogP contribution in [0.5, 0.6) is 0 Å². The molecule has 0 bridgehead atoms. The summed E-state index contributed by atoms with van der Waals surface area (Å²) in [7, 11) is 2.92. The maximum Gasteiger partial charge on any atom is 0.285 e. The summed E-state index contributed by atoms with van der Waals surface area (Å²) >= 11 is 0. The molecule has 0 fully saturated rings. The van der Waals surface area contributed by atoms with Gasteiger partial charge >= 0.3 is 0 Å². The van der Waals surface area contributed by atoms with Crippen LogP contribution in [0.2, 0.25) is 0 Å². The van der Waals surface area contributed by atoms with Crippen LogP contribution in [-0.4, -0.2) is 26.8 Å². The third-order valence-electron chi connectivity index (χ3n) is 5.86. The molecule has 186 valence electrons. The molecule has 0 aliphatic carbocycles. The first-order valence-electron chi connectivity index (χ1n) is 11.4. The van der Waals surface area contributed by atoms with Crippen molar-refractivity contribution in [1.82, 2.24) is 0 Å². The molecule has 0 saturated heterocycles. The summed E-state index contributed by atoms with van der Waals surface area (Å²) in [6, 6.07) is 0. The molecule has 0 saturated carbocycles. The number of unbranched alkanes of at least 4 members (excludes halogenated alkanes) is 5. The number of methoxy groups -OCH3 is 2. The Morgan fingerprint density at radius 3 is 1.75 bits per heavy atom. The maximum atomic E-state index is 14.1. The van der Waals surface area contributed by atoms with Crippen LogP contribution in [0.15, 0.2) is 0 Å². The number of rotatable bonds is 16. The SMILES string of the molecule is CCCCCCCCC(CC(C)Cc1c(F)c(F)c(F)c(F)c1F)C(OC)(OC)OCC. The van der Waals surface area contributed by atoms with Crippen LogP contribution in [0, 0.1) is 40.9 Å². The zero-order valence-electron chi connectivity index (χ0n) is 19.8. The average Bonchev–Trinajstić information content (AvgIpc) is 2.79. The topological polar surface area (TPSA) is 27.7 Å². The van der Waals surface area contributed by atoms with Crippen LogP contribution in [0.1, 0.15) is 77.7 Å². The van der Waals surface area contributed by atoms with E-state index in [1.807, 2.05) is 0 Å². The zero-order valence-corrected chi connectivity index (χ0v) is 19.8. The van der Waals surface area contributed by atoms with Crippen LogP contribution < -0.4 is 0 Å². The van der Waals surface area contributed by atoms with E-state index in [9.17, 15) is 22.0 Å². The Hall–Kier alpha value is -1.25. The molecular formula is C24H37F5O3. The molecule has 0 amide bonds. The number of hydrogen-bond acceptors (Lipinski definition) is 3. The van der Waals surface area contributed by atoms with Crippen molar-refractivity contribution in [2.24, 2.45) is 11.8 Å². The van der Waals surface area contributed by atoms with E-state index in [-0.39, 0.29) is 12.3 Å². The third-order valence-corrected chi connectivity index (χ3v) is 5.86. The van der Waals surface area contributed by atoms with Crippen molar-refractivity contribution in [2.45, 2.75) is 84.5 Å². The summed E-state index contributed by atoms with van der Waals surface area (Å²) in [4.78, 5) is 0. The molecular weight excluding hydrogens is 431 g/mol. The van der Waals surface area contributed by atoms with Crippen molar-refractivity contribution in [3.63, 3.8) is 0 Å². The fourth-order valence-electron chi connectivity index (χ4n) is 4.21. The van der Waals surface area contributed by atoms with Crippen molar-refractivity contribution in [2.75, 3.05) is 20.8 Å². The number of halogens is 5. The molecule has 0 aliphatic heterocycles. The van der Waals surface area contributed by atoms with Gasteiger partial charge in [0.15, 0.2) is 23.3 Å². The molecule has 0 aromatic heterocycles. The van der Waals surface area contributed by atoms with Crippen molar-refractivity contribution >= 4 is 0 Å². The lowest BCUT2D eigenvalue weighted by molar-refractivity contribution is -0.389. The Kier molecular flexibility index (Phi) is 12.7. The minimum Gasteiger partial charge on any atom is -0.331 e. The Bertz CT molecular complexity index is 666. The molecule has 2 unspecified atom stereocenters. The standard InChI is InChI=1S/C24H37F5O3/c1-6-8-9-10-11-12-13-17(24(30-4,31-5)32-7-2)14-16(3)15-18-19(25)21(27)23(29)22(28)20(18)26/h16-17H,6-15H2,1-5H3. The van der Waals surface area contributed by atoms with Gasteiger partial charge in [0, 0.05) is 32.3 Å². The molecule has 8 heteroatoms. The first kappa shape index (κ1) is 28.8. The van der Waals surface area contributed by atoms with Crippen molar-refractivity contribution < 1.29 is 36.2 Å². The Morgan fingerprint density at radius 2 is 1.25 bits per heavy atom. The largest absolute Gasteiger partial charge is 0.331 e. The lowest BCUT2D eigenvalue weighted by Crippen LogP contribution is -2.45. The van der Waals surface area contributed by atoms with E-state index >= 15 is 0 Å². The van der Waals surface area contributed by atoms with E-state index < -0.39 is 46.5 Å². The Morgan fingerprint density at radius 1 is 0.750 bits per heavy atom. The highest BCUT2D eigenvalue weighted by Crippen LogP contribution is 2.36. The smallest absolute Gasteiger partial charge is 0.285 e. The summed E-state index contributed by atoms with van der Waals surface area (Å²) in [5.74, 6) is -11.6. The molecule has 0 radical (unpaired) electrons. The summed E-state index contributed by atoms with van der Waals surface area (Å²) in [5.41, 5.74) is -0.802. The molecule has 0 N–H and O–H groups in total. The molecule has 2 atom stereocenters. The van der Waals surface area contributed by atoms with Gasteiger partial charge in [0.05, 0.1) is 0 Å². The quantitative estimate of drug-likeness (QED) is 0.0838. The van der Waals surface area contributed by atoms with E-state index in [4.69, 9.17) is 14.2 Å². The maximum absolute atomic E-state index is 14.1. The first-order chi connectivity index (χ1) is 15.2. The number of hydrogen-bond donors (Lipinski definition) is 0. The summed E-state index contributed by atoms with van der Waals surface area (Å²) < 4.78 is 85.7. The molecule has 1 rings (SSSR count). The van der Waals surface area contributed by atoms with E-state index in [0.717, 1.165) is 32.1 Å². The highest BCUT2D eigenvalue weighted by molar-refractivity contribution is 5.24. The molecule has 0 spiro atoms. The lowest BCUT2D eigenvalue weighted by atomic mass is 9.85. The molecule has 1 aromatic rings.